The number of hydrogen-bond donors (Lipinski definition) is 0. The first-order valence-corrected chi connectivity index (χ1v) is 7.79. The van der Waals surface area contributed by atoms with Gasteiger partial charge in [0.2, 0.25) is 0 Å². The van der Waals surface area contributed by atoms with Crippen molar-refractivity contribution in [3.63, 3.8) is 0 Å². The van der Waals surface area contributed by atoms with E-state index in [-0.39, 0.29) is 0 Å². The van der Waals surface area contributed by atoms with Crippen molar-refractivity contribution < 1.29 is 28.9 Å². The third kappa shape index (κ3) is 5.05. The molecule has 1 rings (SSSR count). The van der Waals surface area contributed by atoms with Gasteiger partial charge in [-0.15, -0.1) is 0 Å². The van der Waals surface area contributed by atoms with Gasteiger partial charge in [-0.2, -0.15) is 0 Å². The molecule has 0 saturated carbocycles. The van der Waals surface area contributed by atoms with Gasteiger partial charge in [0.25, 0.3) is 0 Å². The predicted octanol–water partition coefficient (Wildman–Crippen LogP) is 3.34. The summed E-state index contributed by atoms with van der Waals surface area (Å²) >= 11 is -3.04. The molecule has 0 N–H and O–H groups in total. The molecule has 4 nitrogen and oxygen atoms in total. The summed E-state index contributed by atoms with van der Waals surface area (Å²) in [6, 6.07) is 4.01. The average molecular weight is 390 g/mol. The van der Waals surface area contributed by atoms with Gasteiger partial charge in [-0.3, -0.25) is 0 Å². The summed E-state index contributed by atoms with van der Waals surface area (Å²) < 4.78 is 47.2. The van der Waals surface area contributed by atoms with Gasteiger partial charge in [-0.1, -0.05) is 0 Å². The van der Waals surface area contributed by atoms with E-state index < -0.39 is 44.3 Å². The fourth-order valence-corrected chi connectivity index (χ4v) is 3.72. The fraction of sp³-hybridized carbons (Fsp3) is 0.273. The molecule has 0 saturated heterocycles. The summed E-state index contributed by atoms with van der Waals surface area (Å²) in [5.74, 6) is -1.29. The summed E-state index contributed by atoms with van der Waals surface area (Å²) in [4.78, 5) is 21.8. The minimum absolute atomic E-state index is 0.294. The third-order valence-corrected chi connectivity index (χ3v) is 5.48. The van der Waals surface area contributed by atoms with E-state index in [1.54, 1.807) is 0 Å². The zero-order valence-corrected chi connectivity index (χ0v) is 12.1. The Morgan fingerprint density at radius 1 is 1.00 bits per heavy atom. The Morgan fingerprint density at radius 2 is 1.42 bits per heavy atom. The Morgan fingerprint density at radius 3 is 1.74 bits per heavy atom. The van der Waals surface area contributed by atoms with Gasteiger partial charge in [-0.05, 0) is 0 Å². The Labute approximate surface area is 115 Å². The molecule has 0 amide bonds. The number of rotatable bonds is 3. The summed E-state index contributed by atoms with van der Waals surface area (Å²) in [7, 11) is 0. The molecule has 0 aliphatic rings. The van der Waals surface area contributed by atoms with Crippen LogP contribution in [-0.4, -0.2) is 11.9 Å². The van der Waals surface area contributed by atoms with Crippen molar-refractivity contribution in [1.82, 2.24) is 0 Å². The van der Waals surface area contributed by atoms with E-state index in [4.69, 9.17) is 6.13 Å². The topological polar surface area (TPSA) is 52.6 Å². The van der Waals surface area contributed by atoms with Gasteiger partial charge in [0.15, 0.2) is 0 Å². The quantitative estimate of drug-likeness (QED) is 0.744. The zero-order chi connectivity index (χ0) is 14.6. The van der Waals surface area contributed by atoms with Crippen LogP contribution in [0, 0.1) is 3.57 Å². The first-order valence-electron chi connectivity index (χ1n) is 4.95. The van der Waals surface area contributed by atoms with Crippen LogP contribution < -0.4 is 0 Å². The Kier molecular flexibility index (Phi) is 5.15. The van der Waals surface area contributed by atoms with Gasteiger partial charge in [-0.25, -0.2) is 0 Å². The number of benzene rings is 1. The normalized spacial score (nSPS) is 11.7. The van der Waals surface area contributed by atoms with Crippen LogP contribution in [0.15, 0.2) is 24.3 Å². The van der Waals surface area contributed by atoms with Crippen molar-refractivity contribution in [1.29, 1.82) is 0 Å². The maximum atomic E-state index is 12.4. The zero-order valence-electron chi connectivity index (χ0n) is 9.95. The second kappa shape index (κ2) is 6.22. The van der Waals surface area contributed by atoms with Gasteiger partial charge in [0.1, 0.15) is 0 Å². The SMILES string of the molecule is CC(=O)OI(OC(C)=O)c1ccc(C(F)(F)F)cc1. The minimum atomic E-state index is -4.44. The molecule has 0 heterocycles. The van der Waals surface area contributed by atoms with Crippen LogP contribution in [0.25, 0.3) is 0 Å². The Bertz CT molecular complexity index is 454. The number of alkyl halides is 3. The van der Waals surface area contributed by atoms with Crippen LogP contribution in [0.5, 0.6) is 0 Å². The number of halogens is 4. The molecule has 19 heavy (non-hydrogen) atoms. The molecule has 1 aromatic rings. The molecule has 0 bridgehead atoms. The molecule has 0 fully saturated rings. The molecular formula is C11H10F3IO4. The summed E-state index contributed by atoms with van der Waals surface area (Å²) in [6.45, 7) is 2.27. The van der Waals surface area contributed by atoms with E-state index in [1.165, 1.54) is 0 Å². The number of carbonyl (C=O) groups excluding carboxylic acids is 2. The molecule has 0 aliphatic carbocycles. The summed E-state index contributed by atoms with van der Waals surface area (Å²) in [5, 5.41) is 0. The van der Waals surface area contributed by atoms with Crippen molar-refractivity contribution in [2.24, 2.45) is 0 Å². The van der Waals surface area contributed by atoms with E-state index in [9.17, 15) is 22.8 Å². The van der Waals surface area contributed by atoms with Crippen LogP contribution in [0.1, 0.15) is 19.4 Å². The molecule has 0 aliphatic heterocycles. The Balaban J connectivity index is 2.96. The van der Waals surface area contributed by atoms with E-state index >= 15 is 0 Å². The van der Waals surface area contributed by atoms with E-state index in [0.29, 0.717) is 3.57 Å². The van der Waals surface area contributed by atoms with Crippen molar-refractivity contribution in [3.8, 4) is 0 Å². The summed E-state index contributed by atoms with van der Waals surface area (Å²) in [6.07, 6.45) is -4.44. The van der Waals surface area contributed by atoms with Crippen LogP contribution in [0.3, 0.4) is 0 Å². The monoisotopic (exact) mass is 390 g/mol. The van der Waals surface area contributed by atoms with E-state index in [0.717, 1.165) is 38.1 Å². The van der Waals surface area contributed by atoms with Gasteiger partial charge >= 0.3 is 115 Å². The first-order chi connectivity index (χ1) is 8.70. The molecule has 0 atom stereocenters. The molecule has 1 aromatic carbocycles. The van der Waals surface area contributed by atoms with Gasteiger partial charge < -0.3 is 0 Å². The first kappa shape index (κ1) is 15.7. The number of carbonyl (C=O) groups is 2. The van der Waals surface area contributed by atoms with Crippen LogP contribution in [-0.2, 0) is 21.9 Å². The molecular weight excluding hydrogens is 380 g/mol. The van der Waals surface area contributed by atoms with Crippen LogP contribution >= 0.6 is 20.6 Å². The Hall–Kier alpha value is -1.32. The molecule has 0 aromatic heterocycles. The second-order valence-corrected chi connectivity index (χ2v) is 6.73. The number of hydrogen-bond acceptors (Lipinski definition) is 4. The van der Waals surface area contributed by atoms with Gasteiger partial charge in [0.05, 0.1) is 0 Å². The standard InChI is InChI=1S/C11H10F3IO4/c1-7(16)18-15(19-8(2)17)10-5-3-9(4-6-10)11(12,13)14/h3-6H,1-2H3. The van der Waals surface area contributed by atoms with E-state index in [1.807, 2.05) is 0 Å². The van der Waals surface area contributed by atoms with Crippen molar-refractivity contribution in [3.05, 3.63) is 33.4 Å². The van der Waals surface area contributed by atoms with Crippen LogP contribution in [0.4, 0.5) is 13.2 Å². The molecule has 106 valence electrons. The predicted molar refractivity (Wildman–Crippen MR) is 67.7 cm³/mol. The fourth-order valence-electron chi connectivity index (χ4n) is 1.04. The summed E-state index contributed by atoms with van der Waals surface area (Å²) in [5.41, 5.74) is -0.822. The third-order valence-electron chi connectivity index (χ3n) is 1.71. The maximum absolute atomic E-state index is 12.4. The average Bonchev–Trinajstić information content (AvgIpc) is 2.26. The van der Waals surface area contributed by atoms with Gasteiger partial charge in [0, 0.05) is 0 Å². The molecule has 0 spiro atoms. The van der Waals surface area contributed by atoms with Crippen molar-refractivity contribution in [2.75, 3.05) is 0 Å². The van der Waals surface area contributed by atoms with E-state index in [2.05, 4.69) is 0 Å². The second-order valence-electron chi connectivity index (χ2n) is 3.36. The van der Waals surface area contributed by atoms with Crippen molar-refractivity contribution in [2.45, 2.75) is 20.0 Å². The van der Waals surface area contributed by atoms with Crippen LogP contribution in [0.2, 0.25) is 0 Å². The molecule has 0 radical (unpaired) electrons. The van der Waals surface area contributed by atoms with Crippen molar-refractivity contribution >= 4 is 32.6 Å². The molecule has 0 unspecified atom stereocenters. The molecule has 8 heteroatoms.